The van der Waals surface area contributed by atoms with Crippen molar-refractivity contribution >= 4 is 25.2 Å². The number of rotatable bonds is 11. The van der Waals surface area contributed by atoms with Gasteiger partial charge in [-0.15, -0.1) is 0 Å². The monoisotopic (exact) mass is 832 g/mol. The van der Waals surface area contributed by atoms with Gasteiger partial charge in [-0.3, -0.25) is 9.59 Å². The molecule has 59 heavy (non-hydrogen) atoms. The predicted molar refractivity (Wildman–Crippen MR) is 222 cm³/mol. The van der Waals surface area contributed by atoms with Gasteiger partial charge < -0.3 is 59.5 Å². The number of pyridine rings is 2. The highest BCUT2D eigenvalue weighted by Gasteiger charge is 2.21. The largest absolute Gasteiger partial charge is 0.493 e. The maximum Gasteiger partial charge on any atom is 0.466 e. The van der Waals surface area contributed by atoms with Crippen molar-refractivity contribution in [3.63, 3.8) is 0 Å². The van der Waals surface area contributed by atoms with E-state index in [1.165, 1.54) is 0 Å². The number of aryl methyl sites for hydroxylation is 1. The molecular formula is C42H49N4O12P. The summed E-state index contributed by atoms with van der Waals surface area (Å²) >= 11 is 0. The number of carbonyl (C=O) groups is 1. The molecule has 2 aliphatic rings. The Morgan fingerprint density at radius 3 is 2.20 bits per heavy atom. The fraction of sp³-hybridized carbons (Fsp3) is 0.310. The number of aromatic nitrogens is 2. The van der Waals surface area contributed by atoms with Gasteiger partial charge in [-0.1, -0.05) is 48.0 Å². The molecule has 0 aliphatic carbocycles. The minimum Gasteiger partial charge on any atom is -0.493 e. The van der Waals surface area contributed by atoms with Crippen molar-refractivity contribution in [1.82, 2.24) is 9.55 Å². The number of nitrogen functional groups attached to an aromatic ring is 1. The number of carbonyl (C=O) groups excluding carboxylic acids is 1. The molecule has 1 amide bonds. The standard InChI is InChI=1S/C42H44N4O7.H3O4P.H2O/c1-27-3-5-30(6-4-27)36-23-46(22-28-13-15-50-16-14-28)24-37(40(36)47)42(48)45-33-10-7-29(8-11-33)35-19-32(21-44-41(35)43)31-9-12-38(39(20-31)49-2)53-26-34-25-51-17-18-52-34;1-5(2,3)4;/h3-12,19-21,23-24,28,34H,13-18,22,25-26H2,1-2H3,(H2,43,44)(H,45,48);(H3,1,2,3,4);1H2/t34-;;/m1../s1. The van der Waals surface area contributed by atoms with E-state index in [0.29, 0.717) is 67.5 Å². The van der Waals surface area contributed by atoms with Gasteiger partial charge in [0.2, 0.25) is 5.43 Å². The SMILES string of the molecule is COc1cc(-c2cnc(N)c(-c3ccc(NC(=O)c4cn(CC5CCOCC5)cc(-c5ccc(C)cc5)c4=O)cc3)c2)ccc1OC[C@H]1COCCO1.O.O=P(O)(O)O. The molecule has 2 fully saturated rings. The lowest BCUT2D eigenvalue weighted by molar-refractivity contribution is -0.101. The van der Waals surface area contributed by atoms with E-state index in [9.17, 15) is 9.59 Å². The number of benzene rings is 3. The number of ether oxygens (including phenoxy) is 5. The van der Waals surface area contributed by atoms with E-state index in [4.69, 9.17) is 48.7 Å². The third-order valence-electron chi connectivity index (χ3n) is 9.68. The number of nitrogens with one attached hydrogen (secondary N) is 1. The second kappa shape index (κ2) is 20.5. The first-order valence-electron chi connectivity index (χ1n) is 18.7. The zero-order chi connectivity index (χ0) is 41.2. The molecule has 8 N–H and O–H groups in total. The second-order valence-electron chi connectivity index (χ2n) is 14.0. The molecule has 0 radical (unpaired) electrons. The van der Waals surface area contributed by atoms with Crippen molar-refractivity contribution in [1.29, 1.82) is 0 Å². The van der Waals surface area contributed by atoms with Gasteiger partial charge in [0.15, 0.2) is 11.5 Å². The Labute approximate surface area is 341 Å². The van der Waals surface area contributed by atoms with Crippen LogP contribution in [0, 0.1) is 12.8 Å². The van der Waals surface area contributed by atoms with E-state index in [0.717, 1.165) is 59.4 Å². The number of methoxy groups -OCH3 is 1. The summed E-state index contributed by atoms with van der Waals surface area (Å²) in [5.74, 6) is 1.48. The second-order valence-corrected chi connectivity index (χ2v) is 15.0. The lowest BCUT2D eigenvalue weighted by Crippen LogP contribution is -2.33. The highest BCUT2D eigenvalue weighted by atomic mass is 31.2. The fourth-order valence-electron chi connectivity index (χ4n) is 6.64. The smallest absolute Gasteiger partial charge is 0.466 e. The lowest BCUT2D eigenvalue weighted by atomic mass is 9.99. The van der Waals surface area contributed by atoms with Crippen LogP contribution in [0.3, 0.4) is 0 Å². The van der Waals surface area contributed by atoms with Crippen molar-refractivity contribution in [2.75, 3.05) is 57.8 Å². The van der Waals surface area contributed by atoms with Crippen molar-refractivity contribution in [3.05, 3.63) is 113 Å². The van der Waals surface area contributed by atoms with Gasteiger partial charge in [-0.25, -0.2) is 9.55 Å². The van der Waals surface area contributed by atoms with Crippen LogP contribution in [0.4, 0.5) is 11.5 Å². The Morgan fingerprint density at radius 2 is 1.54 bits per heavy atom. The quantitative estimate of drug-likeness (QED) is 0.112. The Bertz CT molecular complexity index is 2280. The molecule has 5 aromatic rings. The molecule has 4 heterocycles. The van der Waals surface area contributed by atoms with E-state index < -0.39 is 13.7 Å². The number of hydrogen-bond donors (Lipinski definition) is 5. The third kappa shape index (κ3) is 12.5. The predicted octanol–water partition coefficient (Wildman–Crippen LogP) is 4.86. The van der Waals surface area contributed by atoms with Crippen LogP contribution in [0.1, 0.15) is 28.8 Å². The molecule has 7 rings (SSSR count). The van der Waals surface area contributed by atoms with Gasteiger partial charge in [0.05, 0.1) is 26.9 Å². The molecule has 16 nitrogen and oxygen atoms in total. The summed E-state index contributed by atoms with van der Waals surface area (Å²) < 4.78 is 39.2. The molecule has 2 aromatic heterocycles. The molecule has 3 aromatic carbocycles. The molecule has 2 saturated heterocycles. The number of anilines is 2. The van der Waals surface area contributed by atoms with E-state index in [1.54, 1.807) is 31.6 Å². The highest BCUT2D eigenvalue weighted by molar-refractivity contribution is 7.45. The zero-order valence-corrected chi connectivity index (χ0v) is 33.6. The number of nitrogens with zero attached hydrogens (tertiary/aromatic N) is 2. The van der Waals surface area contributed by atoms with Gasteiger partial charge in [0, 0.05) is 60.7 Å². The van der Waals surface area contributed by atoms with Gasteiger partial charge in [0.25, 0.3) is 5.91 Å². The molecule has 314 valence electrons. The molecule has 0 saturated carbocycles. The molecule has 0 bridgehead atoms. The average Bonchev–Trinajstić information content (AvgIpc) is 3.21. The molecule has 2 aliphatic heterocycles. The topological polar surface area (TPSA) is 245 Å². The van der Waals surface area contributed by atoms with E-state index >= 15 is 0 Å². The third-order valence-corrected chi connectivity index (χ3v) is 9.68. The number of phosphoric acid groups is 1. The number of nitrogens with two attached hydrogens (primary N) is 1. The maximum atomic E-state index is 13.8. The van der Waals surface area contributed by atoms with Crippen molar-refractivity contribution in [2.45, 2.75) is 32.4 Å². The van der Waals surface area contributed by atoms with Crippen LogP contribution in [0.5, 0.6) is 11.5 Å². The number of hydrogen-bond acceptors (Lipinski definition) is 10. The zero-order valence-electron chi connectivity index (χ0n) is 32.7. The first-order valence-corrected chi connectivity index (χ1v) is 20.3. The summed E-state index contributed by atoms with van der Waals surface area (Å²) in [4.78, 5) is 53.5. The summed E-state index contributed by atoms with van der Waals surface area (Å²) in [7, 11) is -3.04. The van der Waals surface area contributed by atoms with Crippen molar-refractivity contribution in [3.8, 4) is 44.9 Å². The van der Waals surface area contributed by atoms with Crippen LogP contribution in [0.25, 0.3) is 33.4 Å². The van der Waals surface area contributed by atoms with Crippen molar-refractivity contribution in [2.24, 2.45) is 5.92 Å². The van der Waals surface area contributed by atoms with Crippen LogP contribution in [-0.4, -0.2) is 88.5 Å². The van der Waals surface area contributed by atoms with Crippen LogP contribution in [-0.2, 0) is 25.3 Å². The summed E-state index contributed by atoms with van der Waals surface area (Å²) in [5, 5.41) is 2.94. The number of amides is 1. The molecule has 1 atom stereocenters. The summed E-state index contributed by atoms with van der Waals surface area (Å²) in [5.41, 5.74) is 12.3. The Balaban J connectivity index is 0.00000104. The molecule has 0 unspecified atom stereocenters. The summed E-state index contributed by atoms with van der Waals surface area (Å²) in [6.45, 7) is 6.13. The molecular weight excluding hydrogens is 783 g/mol. The van der Waals surface area contributed by atoms with Gasteiger partial charge >= 0.3 is 7.82 Å². The Hall–Kier alpha value is -5.42. The van der Waals surface area contributed by atoms with E-state index in [-0.39, 0.29) is 22.6 Å². The van der Waals surface area contributed by atoms with E-state index in [2.05, 4.69) is 10.3 Å². The Kier molecular flexibility index (Phi) is 15.5. The summed E-state index contributed by atoms with van der Waals surface area (Å²) in [6, 6.07) is 22.8. The maximum absolute atomic E-state index is 13.8. The average molecular weight is 833 g/mol. The van der Waals surface area contributed by atoms with Crippen LogP contribution >= 0.6 is 7.82 Å². The van der Waals surface area contributed by atoms with Crippen LogP contribution in [0.15, 0.2) is 96.2 Å². The van der Waals surface area contributed by atoms with Gasteiger partial charge in [-0.2, -0.15) is 0 Å². The summed E-state index contributed by atoms with van der Waals surface area (Å²) in [6.07, 6.45) is 6.99. The first kappa shape index (κ1) is 44.7. The minimum atomic E-state index is -4.64. The van der Waals surface area contributed by atoms with E-state index in [1.807, 2.05) is 78.4 Å². The first-order chi connectivity index (χ1) is 27.8. The normalized spacial score (nSPS) is 15.6. The van der Waals surface area contributed by atoms with Gasteiger partial charge in [-0.05, 0) is 72.7 Å². The minimum absolute atomic E-state index is 0. The highest BCUT2D eigenvalue weighted by Crippen LogP contribution is 2.36. The van der Waals surface area contributed by atoms with Crippen LogP contribution < -0.4 is 26.0 Å². The lowest BCUT2D eigenvalue weighted by Gasteiger charge is -2.23. The van der Waals surface area contributed by atoms with Crippen LogP contribution in [0.2, 0.25) is 0 Å². The molecule has 0 spiro atoms. The van der Waals surface area contributed by atoms with Gasteiger partial charge in [0.1, 0.15) is 24.1 Å². The fourth-order valence-corrected chi connectivity index (χ4v) is 6.64. The molecule has 17 heteroatoms. The Morgan fingerprint density at radius 1 is 0.881 bits per heavy atom. The van der Waals surface area contributed by atoms with Crippen molar-refractivity contribution < 1.29 is 53.2 Å².